The highest BCUT2D eigenvalue weighted by atomic mass is 16.6. The molecule has 1 heterocycles. The maximum absolute atomic E-state index is 11.5. The smallest absolute Gasteiger partial charge is 0.410 e. The molecule has 1 saturated heterocycles. The van der Waals surface area contributed by atoms with Crippen molar-refractivity contribution in [3.63, 3.8) is 0 Å². The molecule has 1 fully saturated rings. The summed E-state index contributed by atoms with van der Waals surface area (Å²) in [5.41, 5.74) is -0.523. The summed E-state index contributed by atoms with van der Waals surface area (Å²) in [5, 5.41) is 10.8. The van der Waals surface area contributed by atoms with E-state index >= 15 is 0 Å². The molecule has 0 radical (unpaired) electrons. The Morgan fingerprint density at radius 3 is 2.53 bits per heavy atom. The summed E-state index contributed by atoms with van der Waals surface area (Å²) < 4.78 is 5.15. The van der Waals surface area contributed by atoms with E-state index in [1.165, 1.54) is 4.90 Å². The maximum atomic E-state index is 11.5. The zero-order valence-electron chi connectivity index (χ0n) is 10.3. The first-order valence-electron chi connectivity index (χ1n) is 5.46. The van der Waals surface area contributed by atoms with Gasteiger partial charge in [-0.2, -0.15) is 5.26 Å². The first kappa shape index (κ1) is 13.3. The van der Waals surface area contributed by atoms with Gasteiger partial charge in [-0.15, -0.1) is 0 Å². The molecule has 17 heavy (non-hydrogen) atoms. The summed E-state index contributed by atoms with van der Waals surface area (Å²) in [4.78, 5) is 24.4. The zero-order chi connectivity index (χ0) is 13.1. The Morgan fingerprint density at radius 1 is 1.47 bits per heavy atom. The topological polar surface area (TPSA) is 82.4 Å². The van der Waals surface area contributed by atoms with Gasteiger partial charge in [0.25, 0.3) is 0 Å². The van der Waals surface area contributed by atoms with Crippen molar-refractivity contribution >= 4 is 12.0 Å². The molecule has 1 aliphatic heterocycles. The van der Waals surface area contributed by atoms with E-state index in [9.17, 15) is 9.59 Å². The third-order valence-corrected chi connectivity index (χ3v) is 2.25. The second-order valence-corrected chi connectivity index (χ2v) is 4.96. The van der Waals surface area contributed by atoms with E-state index in [-0.39, 0.29) is 18.4 Å². The van der Waals surface area contributed by atoms with Crippen LogP contribution in [0.15, 0.2) is 0 Å². The lowest BCUT2D eigenvalue weighted by Gasteiger charge is -2.38. The highest BCUT2D eigenvalue weighted by molar-refractivity contribution is 5.82. The second-order valence-electron chi connectivity index (χ2n) is 4.96. The molecule has 6 nitrogen and oxygen atoms in total. The van der Waals surface area contributed by atoms with Gasteiger partial charge in [0, 0.05) is 13.1 Å². The first-order valence-corrected chi connectivity index (χ1v) is 5.46. The van der Waals surface area contributed by atoms with Gasteiger partial charge in [-0.25, -0.2) is 4.79 Å². The summed E-state index contributed by atoms with van der Waals surface area (Å²) in [6.07, 6.45) is -0.401. The molecule has 1 aliphatic rings. The van der Waals surface area contributed by atoms with Gasteiger partial charge in [-0.05, 0) is 20.8 Å². The number of carbonyl (C=O) groups excluding carboxylic acids is 2. The number of hydrogen-bond acceptors (Lipinski definition) is 4. The lowest BCUT2D eigenvalue weighted by Crippen LogP contribution is -2.56. The van der Waals surface area contributed by atoms with Crippen LogP contribution in [0.25, 0.3) is 0 Å². The van der Waals surface area contributed by atoms with Gasteiger partial charge in [0.15, 0.2) is 0 Å². The maximum Gasteiger partial charge on any atom is 0.410 e. The van der Waals surface area contributed by atoms with E-state index in [0.29, 0.717) is 13.1 Å². The van der Waals surface area contributed by atoms with Crippen LogP contribution in [0, 0.1) is 17.2 Å². The number of ether oxygens (including phenoxy) is 1. The van der Waals surface area contributed by atoms with Crippen LogP contribution in [0.5, 0.6) is 0 Å². The van der Waals surface area contributed by atoms with Gasteiger partial charge in [0.05, 0.1) is 12.0 Å². The summed E-state index contributed by atoms with van der Waals surface area (Å²) in [6, 6.07) is 1.83. The highest BCUT2D eigenvalue weighted by Crippen LogP contribution is 2.19. The van der Waals surface area contributed by atoms with Crippen molar-refractivity contribution in [2.45, 2.75) is 26.4 Å². The van der Waals surface area contributed by atoms with Crippen molar-refractivity contribution in [3.05, 3.63) is 0 Å². The van der Waals surface area contributed by atoms with E-state index < -0.39 is 11.7 Å². The molecule has 0 bridgehead atoms. The van der Waals surface area contributed by atoms with Crippen molar-refractivity contribution in [2.24, 2.45) is 5.92 Å². The van der Waals surface area contributed by atoms with E-state index in [2.05, 4.69) is 5.32 Å². The Labute approximate surface area is 101 Å². The number of nitriles is 1. The van der Waals surface area contributed by atoms with E-state index in [4.69, 9.17) is 10.00 Å². The molecule has 1 rings (SSSR count). The molecule has 0 unspecified atom stereocenters. The van der Waals surface area contributed by atoms with E-state index in [1.54, 1.807) is 20.8 Å². The molecule has 0 aromatic rings. The van der Waals surface area contributed by atoms with Gasteiger partial charge >= 0.3 is 6.09 Å². The summed E-state index contributed by atoms with van der Waals surface area (Å²) in [5.74, 6) is -0.415. The van der Waals surface area contributed by atoms with Gasteiger partial charge in [0.2, 0.25) is 5.91 Å². The Kier molecular flexibility index (Phi) is 3.94. The summed E-state index contributed by atoms with van der Waals surface area (Å²) in [6.45, 7) is 6.09. The molecule has 0 aliphatic carbocycles. The van der Waals surface area contributed by atoms with Crippen LogP contribution in [-0.2, 0) is 9.53 Å². The summed E-state index contributed by atoms with van der Waals surface area (Å²) in [7, 11) is 0. The van der Waals surface area contributed by atoms with Crippen molar-refractivity contribution in [3.8, 4) is 6.07 Å². The first-order chi connectivity index (χ1) is 7.83. The third kappa shape index (κ3) is 3.94. The van der Waals surface area contributed by atoms with Gasteiger partial charge in [-0.1, -0.05) is 0 Å². The molecule has 0 spiro atoms. The van der Waals surface area contributed by atoms with Crippen LogP contribution >= 0.6 is 0 Å². The van der Waals surface area contributed by atoms with Crippen molar-refractivity contribution in [1.82, 2.24) is 10.2 Å². The number of likely N-dealkylation sites (tertiary alicyclic amines) is 1. The van der Waals surface area contributed by atoms with Crippen LogP contribution < -0.4 is 5.32 Å². The van der Waals surface area contributed by atoms with Crippen LogP contribution in [0.4, 0.5) is 4.79 Å². The molecule has 0 atom stereocenters. The van der Waals surface area contributed by atoms with Crippen LogP contribution in [-0.4, -0.2) is 42.1 Å². The molecule has 0 aromatic heterocycles. The van der Waals surface area contributed by atoms with E-state index in [1.807, 2.05) is 6.07 Å². The molecular weight excluding hydrogens is 222 g/mol. The molecular formula is C11H17N3O3. The van der Waals surface area contributed by atoms with Gasteiger partial charge in [-0.3, -0.25) is 4.79 Å². The Hall–Kier alpha value is -1.77. The number of nitrogens with one attached hydrogen (secondary N) is 1. The van der Waals surface area contributed by atoms with E-state index in [0.717, 1.165) is 0 Å². The lowest BCUT2D eigenvalue weighted by molar-refractivity contribution is -0.129. The average Bonchev–Trinajstić information content (AvgIpc) is 2.09. The van der Waals surface area contributed by atoms with Crippen molar-refractivity contribution in [1.29, 1.82) is 5.26 Å². The fourth-order valence-corrected chi connectivity index (χ4v) is 1.39. The third-order valence-electron chi connectivity index (χ3n) is 2.25. The predicted molar refractivity (Wildman–Crippen MR) is 59.9 cm³/mol. The normalized spacial score (nSPS) is 15.8. The SMILES string of the molecule is CC(C)(C)OC(=O)N1CC(C(=O)NCC#N)C1. The van der Waals surface area contributed by atoms with Gasteiger partial charge < -0.3 is 15.0 Å². The van der Waals surface area contributed by atoms with Crippen LogP contribution in [0.2, 0.25) is 0 Å². The Bertz CT molecular complexity index is 348. The Morgan fingerprint density at radius 2 is 2.06 bits per heavy atom. The fraction of sp³-hybridized carbons (Fsp3) is 0.727. The fourth-order valence-electron chi connectivity index (χ4n) is 1.39. The minimum atomic E-state index is -0.523. The molecule has 2 amide bonds. The van der Waals surface area contributed by atoms with Gasteiger partial charge in [0.1, 0.15) is 12.1 Å². The monoisotopic (exact) mass is 239 g/mol. The largest absolute Gasteiger partial charge is 0.444 e. The molecule has 0 aromatic carbocycles. The predicted octanol–water partition coefficient (Wildman–Crippen LogP) is 0.493. The number of nitrogens with zero attached hydrogens (tertiary/aromatic N) is 2. The molecule has 0 saturated carbocycles. The number of hydrogen-bond donors (Lipinski definition) is 1. The van der Waals surface area contributed by atoms with Crippen LogP contribution in [0.3, 0.4) is 0 Å². The standard InChI is InChI=1S/C11H17N3O3/c1-11(2,3)17-10(16)14-6-8(7-14)9(15)13-5-4-12/h8H,5-7H2,1-3H3,(H,13,15). The molecule has 6 heteroatoms. The Balaban J connectivity index is 2.30. The minimum absolute atomic E-state index is 0.00176. The molecule has 1 N–H and O–H groups in total. The highest BCUT2D eigenvalue weighted by Gasteiger charge is 2.37. The minimum Gasteiger partial charge on any atom is -0.444 e. The average molecular weight is 239 g/mol. The summed E-state index contributed by atoms with van der Waals surface area (Å²) >= 11 is 0. The van der Waals surface area contributed by atoms with Crippen molar-refractivity contribution < 1.29 is 14.3 Å². The molecule has 94 valence electrons. The second kappa shape index (κ2) is 5.04. The lowest BCUT2D eigenvalue weighted by atomic mass is 10.00. The van der Waals surface area contributed by atoms with Crippen LogP contribution in [0.1, 0.15) is 20.8 Å². The van der Waals surface area contributed by atoms with Crippen molar-refractivity contribution in [2.75, 3.05) is 19.6 Å². The number of carbonyl (C=O) groups is 2. The number of rotatable bonds is 2. The quantitative estimate of drug-likeness (QED) is 0.711. The number of amides is 2. The zero-order valence-corrected chi connectivity index (χ0v) is 10.3.